The largest absolute Gasteiger partial charge is 0.476 e. The summed E-state index contributed by atoms with van der Waals surface area (Å²) in [6.45, 7) is 2.13. The molecule has 0 unspecified atom stereocenters. The molecule has 0 radical (unpaired) electrons. The van der Waals surface area contributed by atoms with Crippen LogP contribution in [0.2, 0.25) is 0 Å². The van der Waals surface area contributed by atoms with E-state index < -0.39 is 19.2 Å². The number of alkyl halides is 3. The van der Waals surface area contributed by atoms with Crippen LogP contribution in [-0.4, -0.2) is 39.3 Å². The van der Waals surface area contributed by atoms with Crippen LogP contribution in [0.25, 0.3) is 11.2 Å². The lowest BCUT2D eigenvalue weighted by Gasteiger charge is -2.10. The van der Waals surface area contributed by atoms with Gasteiger partial charge in [-0.3, -0.25) is 0 Å². The maximum atomic E-state index is 12.1. The Bertz CT molecular complexity index is 569. The van der Waals surface area contributed by atoms with Crippen LogP contribution in [0.5, 0.6) is 5.88 Å². The molecule has 0 aliphatic carbocycles. The van der Waals surface area contributed by atoms with E-state index in [-0.39, 0.29) is 11.8 Å². The van der Waals surface area contributed by atoms with E-state index >= 15 is 0 Å². The molecule has 0 saturated heterocycles. The normalized spacial score (nSPS) is 11.8. The molecular formula is C11H14F3N5O. The summed E-state index contributed by atoms with van der Waals surface area (Å²) in [7, 11) is 0. The minimum atomic E-state index is -4.26. The number of halogens is 3. The average Bonchev–Trinajstić information content (AvgIpc) is 2.83. The molecule has 0 fully saturated rings. The first-order chi connectivity index (χ1) is 9.49. The van der Waals surface area contributed by atoms with Gasteiger partial charge in [0.15, 0.2) is 5.65 Å². The van der Waals surface area contributed by atoms with Crippen LogP contribution in [0.3, 0.4) is 0 Å². The molecule has 0 saturated carbocycles. The van der Waals surface area contributed by atoms with Crippen LogP contribution < -0.4 is 10.1 Å². The Morgan fingerprint density at radius 1 is 1.35 bits per heavy atom. The van der Waals surface area contributed by atoms with E-state index in [0.29, 0.717) is 17.7 Å². The molecule has 0 aliphatic rings. The molecule has 2 heterocycles. The standard InChI is InChI=1S/C11H14F3N5O/c1-2-4-15-10-18-8-7(16-6-17-8)9(19-10)20-5-3-11(12,13)14/h6H,2-5H2,1H3,(H2,15,16,17,18,19). The fraction of sp³-hybridized carbons (Fsp3) is 0.545. The minimum Gasteiger partial charge on any atom is -0.476 e. The highest BCUT2D eigenvalue weighted by molar-refractivity contribution is 5.76. The van der Waals surface area contributed by atoms with E-state index in [1.165, 1.54) is 6.33 Å². The number of fused-ring (bicyclic) bond motifs is 1. The van der Waals surface area contributed by atoms with Gasteiger partial charge in [-0.25, -0.2) is 4.98 Å². The second-order valence-corrected chi connectivity index (χ2v) is 4.09. The van der Waals surface area contributed by atoms with Gasteiger partial charge in [-0.05, 0) is 6.42 Å². The first-order valence-corrected chi connectivity index (χ1v) is 6.14. The number of rotatable bonds is 6. The third kappa shape index (κ3) is 3.72. The summed E-state index contributed by atoms with van der Waals surface area (Å²) < 4.78 is 41.4. The minimum absolute atomic E-state index is 0.0651. The second-order valence-electron chi connectivity index (χ2n) is 4.09. The quantitative estimate of drug-likeness (QED) is 0.854. The topological polar surface area (TPSA) is 75.7 Å². The van der Waals surface area contributed by atoms with E-state index in [0.717, 1.165) is 6.42 Å². The number of hydrogen-bond acceptors (Lipinski definition) is 5. The molecular weight excluding hydrogens is 275 g/mol. The predicted molar refractivity (Wildman–Crippen MR) is 66.6 cm³/mol. The lowest BCUT2D eigenvalue weighted by Crippen LogP contribution is -2.14. The Kier molecular flexibility index (Phi) is 4.26. The molecule has 9 heteroatoms. The fourth-order valence-corrected chi connectivity index (χ4v) is 1.49. The maximum absolute atomic E-state index is 12.1. The van der Waals surface area contributed by atoms with Gasteiger partial charge >= 0.3 is 6.18 Å². The number of aromatic amines is 1. The van der Waals surface area contributed by atoms with E-state index in [4.69, 9.17) is 4.74 Å². The Labute approximate surface area is 112 Å². The van der Waals surface area contributed by atoms with Crippen LogP contribution >= 0.6 is 0 Å². The lowest BCUT2D eigenvalue weighted by molar-refractivity contribution is -0.139. The lowest BCUT2D eigenvalue weighted by atomic mass is 10.4. The van der Waals surface area contributed by atoms with Gasteiger partial charge in [0.25, 0.3) is 0 Å². The monoisotopic (exact) mass is 289 g/mol. The van der Waals surface area contributed by atoms with Crippen molar-refractivity contribution in [3.05, 3.63) is 6.33 Å². The van der Waals surface area contributed by atoms with Gasteiger partial charge in [-0.1, -0.05) is 6.92 Å². The van der Waals surface area contributed by atoms with E-state index in [1.807, 2.05) is 6.92 Å². The number of anilines is 1. The van der Waals surface area contributed by atoms with E-state index in [1.54, 1.807) is 0 Å². The van der Waals surface area contributed by atoms with Crippen molar-refractivity contribution in [1.29, 1.82) is 0 Å². The Morgan fingerprint density at radius 2 is 2.15 bits per heavy atom. The van der Waals surface area contributed by atoms with Crippen LogP contribution in [0, 0.1) is 0 Å². The zero-order valence-corrected chi connectivity index (χ0v) is 10.8. The Balaban J connectivity index is 2.15. The van der Waals surface area contributed by atoms with Gasteiger partial charge in [-0.2, -0.15) is 23.1 Å². The molecule has 20 heavy (non-hydrogen) atoms. The summed E-state index contributed by atoms with van der Waals surface area (Å²) in [6.07, 6.45) is -3.04. The number of aromatic nitrogens is 4. The molecule has 0 atom stereocenters. The molecule has 2 aromatic rings. The number of hydrogen-bond donors (Lipinski definition) is 2. The van der Waals surface area contributed by atoms with Crippen molar-refractivity contribution in [2.45, 2.75) is 25.9 Å². The van der Waals surface area contributed by atoms with Gasteiger partial charge in [0.2, 0.25) is 11.8 Å². The molecule has 2 rings (SSSR count). The van der Waals surface area contributed by atoms with Gasteiger partial charge in [0, 0.05) is 6.54 Å². The van der Waals surface area contributed by atoms with E-state index in [9.17, 15) is 13.2 Å². The Morgan fingerprint density at radius 3 is 2.85 bits per heavy atom. The Hall–Kier alpha value is -2.06. The molecule has 0 aliphatic heterocycles. The highest BCUT2D eigenvalue weighted by atomic mass is 19.4. The molecule has 6 nitrogen and oxygen atoms in total. The van der Waals surface area contributed by atoms with Crippen LogP contribution in [0.4, 0.5) is 19.1 Å². The fourth-order valence-electron chi connectivity index (χ4n) is 1.49. The zero-order chi connectivity index (χ0) is 14.6. The van der Waals surface area contributed by atoms with Crippen LogP contribution in [0.15, 0.2) is 6.33 Å². The summed E-state index contributed by atoms with van der Waals surface area (Å²) in [5.74, 6) is 0.351. The van der Waals surface area contributed by atoms with Gasteiger partial charge < -0.3 is 15.0 Å². The van der Waals surface area contributed by atoms with Crippen molar-refractivity contribution in [3.8, 4) is 5.88 Å². The van der Waals surface area contributed by atoms with Crippen molar-refractivity contribution in [3.63, 3.8) is 0 Å². The van der Waals surface area contributed by atoms with Crippen LogP contribution in [-0.2, 0) is 0 Å². The van der Waals surface area contributed by atoms with Crippen LogP contribution in [0.1, 0.15) is 19.8 Å². The molecule has 2 N–H and O–H groups in total. The number of imidazole rings is 1. The van der Waals surface area contributed by atoms with Gasteiger partial charge in [-0.15, -0.1) is 0 Å². The highest BCUT2D eigenvalue weighted by Crippen LogP contribution is 2.23. The van der Waals surface area contributed by atoms with Crippen molar-refractivity contribution < 1.29 is 17.9 Å². The molecule has 0 spiro atoms. The summed E-state index contributed by atoms with van der Waals surface area (Å²) in [6, 6.07) is 0. The SMILES string of the molecule is CCCNc1nc(OCCC(F)(F)F)c2[nH]cnc2n1. The molecule has 110 valence electrons. The number of ether oxygens (including phenoxy) is 1. The zero-order valence-electron chi connectivity index (χ0n) is 10.8. The van der Waals surface area contributed by atoms with Gasteiger partial charge in [0.1, 0.15) is 5.52 Å². The average molecular weight is 289 g/mol. The molecule has 0 bridgehead atoms. The number of nitrogens with zero attached hydrogens (tertiary/aromatic N) is 3. The summed E-state index contributed by atoms with van der Waals surface area (Å²) in [5, 5.41) is 2.94. The predicted octanol–water partition coefficient (Wildman–Crippen LogP) is 2.51. The first-order valence-electron chi connectivity index (χ1n) is 6.14. The first kappa shape index (κ1) is 14.4. The van der Waals surface area contributed by atoms with Crippen molar-refractivity contribution in [2.75, 3.05) is 18.5 Å². The third-order valence-corrected chi connectivity index (χ3v) is 2.41. The molecule has 0 aromatic carbocycles. The summed E-state index contributed by atoms with van der Waals surface area (Å²) in [4.78, 5) is 14.9. The molecule has 0 amide bonds. The van der Waals surface area contributed by atoms with Crippen molar-refractivity contribution >= 4 is 17.1 Å². The summed E-state index contributed by atoms with van der Waals surface area (Å²) in [5.41, 5.74) is 0.731. The number of H-pyrrole nitrogens is 1. The van der Waals surface area contributed by atoms with E-state index in [2.05, 4.69) is 25.3 Å². The van der Waals surface area contributed by atoms with Crippen molar-refractivity contribution in [1.82, 2.24) is 19.9 Å². The maximum Gasteiger partial charge on any atom is 0.392 e. The number of nitrogens with one attached hydrogen (secondary N) is 2. The molecule has 2 aromatic heterocycles. The second kappa shape index (κ2) is 5.93. The van der Waals surface area contributed by atoms with Crippen molar-refractivity contribution in [2.24, 2.45) is 0 Å². The smallest absolute Gasteiger partial charge is 0.392 e. The summed E-state index contributed by atoms with van der Waals surface area (Å²) >= 11 is 0. The van der Waals surface area contributed by atoms with Gasteiger partial charge in [0.05, 0.1) is 19.4 Å². The third-order valence-electron chi connectivity index (χ3n) is 2.41. The highest BCUT2D eigenvalue weighted by Gasteiger charge is 2.27.